The molecule has 47 heavy (non-hydrogen) atoms. The first-order chi connectivity index (χ1) is 22.4. The number of rotatable bonds is 38. The van der Waals surface area contributed by atoms with Crippen LogP contribution in [0.25, 0.3) is 0 Å². The standard InChI is InChI=1S/C40H82O.Na.H2O4S.H/c1-3-5-7-9-11-13-15-17-19-21-23-25-27-29-31-33-35-37-39-41-40-38-36-34-32-30-28-26-24-22-20-18-16-14-12-10-8-6-4-2;;1-5(2,3)4;/h3-40H2,1-2H3;;(H2,1,2,3,4);. The van der Waals surface area contributed by atoms with E-state index in [1.54, 1.807) is 0 Å². The molecule has 0 radical (unpaired) electrons. The fourth-order valence-corrected chi connectivity index (χ4v) is 6.31. The molecule has 0 spiro atoms. The molecule has 0 saturated heterocycles. The zero-order valence-electron chi connectivity index (χ0n) is 31.4. The molecule has 0 aliphatic rings. The van der Waals surface area contributed by atoms with Gasteiger partial charge in [0.05, 0.1) is 0 Å². The Balaban J connectivity index is -0.00000298. The van der Waals surface area contributed by atoms with Crippen molar-refractivity contribution < 1.29 is 22.3 Å². The van der Waals surface area contributed by atoms with E-state index < -0.39 is 10.4 Å². The van der Waals surface area contributed by atoms with Gasteiger partial charge in [-0.25, -0.2) is 0 Å². The van der Waals surface area contributed by atoms with Crippen LogP contribution in [0.2, 0.25) is 0 Å². The van der Waals surface area contributed by atoms with E-state index in [0.717, 1.165) is 13.2 Å². The van der Waals surface area contributed by atoms with Crippen LogP contribution in [0.5, 0.6) is 0 Å². The molecule has 0 aromatic heterocycles. The number of unbranched alkanes of at least 4 members (excludes halogenated alkanes) is 34. The van der Waals surface area contributed by atoms with Crippen molar-refractivity contribution in [3.8, 4) is 0 Å². The molecular formula is C40H85NaO5S. The summed E-state index contributed by atoms with van der Waals surface area (Å²) in [6.07, 6.45) is 52.0. The quantitative estimate of drug-likeness (QED) is 0.0380. The van der Waals surface area contributed by atoms with E-state index >= 15 is 0 Å². The third kappa shape index (κ3) is 62.4. The number of ether oxygens (including phenoxy) is 1. The molecule has 2 N–H and O–H groups in total. The van der Waals surface area contributed by atoms with Gasteiger partial charge in [0.15, 0.2) is 0 Å². The van der Waals surface area contributed by atoms with Crippen LogP contribution in [0, 0.1) is 0 Å². The van der Waals surface area contributed by atoms with Gasteiger partial charge in [0, 0.05) is 13.2 Å². The summed E-state index contributed by atoms with van der Waals surface area (Å²) in [5.74, 6) is 0. The average molecular weight is 701 g/mol. The first-order valence-electron chi connectivity index (χ1n) is 20.7. The Kier molecular flexibility index (Phi) is 52.0. The average Bonchev–Trinajstić information content (AvgIpc) is 3.02. The Morgan fingerprint density at radius 2 is 0.447 bits per heavy atom. The van der Waals surface area contributed by atoms with Crippen LogP contribution in [0.3, 0.4) is 0 Å². The fourth-order valence-electron chi connectivity index (χ4n) is 6.31. The molecule has 5 nitrogen and oxygen atoms in total. The summed E-state index contributed by atoms with van der Waals surface area (Å²) >= 11 is 0. The zero-order chi connectivity index (χ0) is 34.1. The Morgan fingerprint density at radius 1 is 0.319 bits per heavy atom. The maximum atomic E-state index is 8.74. The van der Waals surface area contributed by atoms with Gasteiger partial charge in [-0.2, -0.15) is 8.42 Å². The minimum absolute atomic E-state index is 0. The van der Waals surface area contributed by atoms with Gasteiger partial charge in [-0.1, -0.05) is 232 Å². The van der Waals surface area contributed by atoms with Crippen LogP contribution in [0.1, 0.15) is 245 Å². The zero-order valence-corrected chi connectivity index (χ0v) is 32.2. The van der Waals surface area contributed by atoms with Crippen LogP contribution in [-0.2, 0) is 15.1 Å². The van der Waals surface area contributed by atoms with Crippen LogP contribution in [0.15, 0.2) is 0 Å². The second-order valence-electron chi connectivity index (χ2n) is 14.1. The molecule has 0 rings (SSSR count). The van der Waals surface area contributed by atoms with Crippen molar-refractivity contribution in [1.29, 1.82) is 0 Å². The van der Waals surface area contributed by atoms with Crippen molar-refractivity contribution in [2.45, 2.75) is 245 Å². The first kappa shape index (κ1) is 52.2. The molecule has 7 heteroatoms. The summed E-state index contributed by atoms with van der Waals surface area (Å²) in [5, 5.41) is 0. The van der Waals surface area contributed by atoms with Gasteiger partial charge < -0.3 is 4.74 Å². The van der Waals surface area contributed by atoms with Gasteiger partial charge in [-0.15, -0.1) is 0 Å². The topological polar surface area (TPSA) is 83.8 Å². The Hall–Kier alpha value is 0.830. The molecule has 0 saturated carbocycles. The third-order valence-electron chi connectivity index (χ3n) is 9.28. The maximum absolute atomic E-state index is 8.74. The van der Waals surface area contributed by atoms with Gasteiger partial charge in [-0.05, 0) is 12.8 Å². The molecule has 0 unspecified atom stereocenters. The normalized spacial score (nSPS) is 11.3. The summed E-state index contributed by atoms with van der Waals surface area (Å²) in [7, 11) is -4.67. The van der Waals surface area contributed by atoms with Crippen molar-refractivity contribution in [3.63, 3.8) is 0 Å². The predicted molar refractivity (Wildman–Crippen MR) is 210 cm³/mol. The second-order valence-corrected chi connectivity index (χ2v) is 15.0. The van der Waals surface area contributed by atoms with E-state index in [1.807, 2.05) is 0 Å². The molecule has 0 amide bonds. The van der Waals surface area contributed by atoms with E-state index in [2.05, 4.69) is 13.8 Å². The van der Waals surface area contributed by atoms with Crippen molar-refractivity contribution in [2.75, 3.05) is 13.2 Å². The molecule has 0 aliphatic carbocycles. The van der Waals surface area contributed by atoms with Crippen molar-refractivity contribution >= 4 is 40.0 Å². The molecule has 0 heterocycles. The predicted octanol–water partition coefficient (Wildman–Crippen LogP) is 13.8. The molecule has 0 aromatic rings. The molecule has 282 valence electrons. The van der Waals surface area contributed by atoms with Crippen LogP contribution in [0.4, 0.5) is 0 Å². The molecule has 0 aromatic carbocycles. The fraction of sp³-hybridized carbons (Fsp3) is 1.00. The Bertz CT molecular complexity index is 586. The summed E-state index contributed by atoms with van der Waals surface area (Å²) in [5.41, 5.74) is 0. The van der Waals surface area contributed by atoms with E-state index in [4.69, 9.17) is 22.3 Å². The summed E-state index contributed by atoms with van der Waals surface area (Å²) in [4.78, 5) is 0. The Morgan fingerprint density at radius 3 is 0.596 bits per heavy atom. The second kappa shape index (κ2) is 46.8. The van der Waals surface area contributed by atoms with Gasteiger partial charge in [0.2, 0.25) is 0 Å². The monoisotopic (exact) mass is 701 g/mol. The van der Waals surface area contributed by atoms with Crippen molar-refractivity contribution in [3.05, 3.63) is 0 Å². The van der Waals surface area contributed by atoms with E-state index in [0.29, 0.717) is 0 Å². The van der Waals surface area contributed by atoms with Crippen LogP contribution >= 0.6 is 0 Å². The van der Waals surface area contributed by atoms with Crippen LogP contribution in [-0.4, -0.2) is 60.3 Å². The van der Waals surface area contributed by atoms with Crippen LogP contribution < -0.4 is 0 Å². The van der Waals surface area contributed by atoms with Gasteiger partial charge in [-0.3, -0.25) is 9.11 Å². The van der Waals surface area contributed by atoms with Gasteiger partial charge in [0.25, 0.3) is 0 Å². The van der Waals surface area contributed by atoms with E-state index in [9.17, 15) is 0 Å². The molecular weight excluding hydrogens is 615 g/mol. The summed E-state index contributed by atoms with van der Waals surface area (Å²) < 4.78 is 37.5. The minimum atomic E-state index is -4.67. The molecule has 0 bridgehead atoms. The third-order valence-corrected chi connectivity index (χ3v) is 9.28. The van der Waals surface area contributed by atoms with Crippen molar-refractivity contribution in [2.24, 2.45) is 0 Å². The SMILES string of the molecule is CCCCCCCCCCCCCCCCCCCCOCCCCCCCCCCCCCCCCCCCC.O=S(=O)(O)O.[NaH]. The molecule has 0 aliphatic heterocycles. The van der Waals surface area contributed by atoms with E-state index in [1.165, 1.54) is 231 Å². The van der Waals surface area contributed by atoms with Gasteiger partial charge in [0.1, 0.15) is 0 Å². The Labute approximate surface area is 318 Å². The van der Waals surface area contributed by atoms with E-state index in [-0.39, 0.29) is 29.6 Å². The number of hydrogen-bond donors (Lipinski definition) is 2. The number of hydrogen-bond acceptors (Lipinski definition) is 3. The summed E-state index contributed by atoms with van der Waals surface area (Å²) in [6, 6.07) is 0. The van der Waals surface area contributed by atoms with Gasteiger partial charge >= 0.3 is 40.0 Å². The molecule has 0 fully saturated rings. The molecule has 0 atom stereocenters. The first-order valence-corrected chi connectivity index (χ1v) is 22.1. The summed E-state index contributed by atoms with van der Waals surface area (Å²) in [6.45, 7) is 6.61. The van der Waals surface area contributed by atoms with Crippen molar-refractivity contribution in [1.82, 2.24) is 0 Å².